The van der Waals surface area contributed by atoms with Crippen LogP contribution in [0.25, 0.3) is 51.5 Å². The van der Waals surface area contributed by atoms with E-state index in [4.69, 9.17) is 0 Å². The van der Waals surface area contributed by atoms with Crippen LogP contribution in [0.3, 0.4) is 0 Å². The summed E-state index contributed by atoms with van der Waals surface area (Å²) in [5.74, 6) is 0. The molecule has 0 aliphatic rings. The Morgan fingerprint density at radius 3 is 2.12 bits per heavy atom. The van der Waals surface area contributed by atoms with Crippen LogP contribution < -0.4 is 0 Å². The first-order chi connectivity index (χ1) is 12.8. The van der Waals surface area contributed by atoms with E-state index in [0.717, 1.165) is 0 Å². The molecule has 6 aromatic rings. The maximum atomic E-state index is 2.35. The summed E-state index contributed by atoms with van der Waals surface area (Å²) in [5.41, 5.74) is 1.31. The molecule has 0 radical (unpaired) electrons. The van der Waals surface area contributed by atoms with Crippen molar-refractivity contribution in [3.05, 3.63) is 84.9 Å². The molecule has 0 nitrogen and oxygen atoms in total. The van der Waals surface area contributed by atoms with E-state index in [2.05, 4.69) is 84.9 Å². The normalized spacial score (nSPS) is 11.8. The van der Waals surface area contributed by atoms with Gasteiger partial charge in [0.25, 0.3) is 0 Å². The average Bonchev–Trinajstić information content (AvgIpc) is 3.24. The molecule has 4 aromatic carbocycles. The van der Waals surface area contributed by atoms with E-state index in [0.29, 0.717) is 0 Å². The second-order valence-corrected chi connectivity index (χ2v) is 8.80. The molecule has 2 heterocycles. The van der Waals surface area contributed by atoms with Crippen LogP contribution in [0.15, 0.2) is 84.9 Å². The van der Waals surface area contributed by atoms with Gasteiger partial charge in [-0.25, -0.2) is 0 Å². The van der Waals surface area contributed by atoms with Gasteiger partial charge in [0.15, 0.2) is 0 Å². The lowest BCUT2D eigenvalue weighted by molar-refractivity contribution is 1.75. The molecule has 0 N–H and O–H groups in total. The number of thiophene rings is 2. The predicted molar refractivity (Wildman–Crippen MR) is 118 cm³/mol. The van der Waals surface area contributed by atoms with Crippen molar-refractivity contribution in [3.8, 4) is 10.4 Å². The van der Waals surface area contributed by atoms with E-state index in [1.54, 1.807) is 0 Å². The van der Waals surface area contributed by atoms with Crippen LogP contribution in [0.1, 0.15) is 0 Å². The molecule has 0 saturated heterocycles. The molecule has 0 saturated carbocycles. The topological polar surface area (TPSA) is 0 Å². The number of rotatable bonds is 1. The Hall–Kier alpha value is -2.68. The van der Waals surface area contributed by atoms with Crippen LogP contribution >= 0.6 is 22.7 Å². The number of hydrogen-bond acceptors (Lipinski definition) is 2. The Kier molecular flexibility index (Phi) is 3.01. The number of fused-ring (bicyclic) bond motifs is 5. The summed E-state index contributed by atoms with van der Waals surface area (Å²) in [6.07, 6.45) is 0. The van der Waals surface area contributed by atoms with Gasteiger partial charge in [-0.1, -0.05) is 54.6 Å². The molecule has 0 amide bonds. The lowest BCUT2D eigenvalue weighted by atomic mass is 10.0. The minimum Gasteiger partial charge on any atom is -0.134 e. The average molecular weight is 367 g/mol. The molecule has 2 aromatic heterocycles. The number of hydrogen-bond donors (Lipinski definition) is 0. The second-order valence-electron chi connectivity index (χ2n) is 6.66. The molecule has 0 spiro atoms. The van der Waals surface area contributed by atoms with Crippen molar-refractivity contribution in [2.75, 3.05) is 0 Å². The van der Waals surface area contributed by atoms with Crippen LogP contribution in [0.5, 0.6) is 0 Å². The van der Waals surface area contributed by atoms with E-state index in [1.807, 2.05) is 22.7 Å². The van der Waals surface area contributed by atoms with Gasteiger partial charge in [-0.05, 0) is 57.4 Å². The molecule has 6 rings (SSSR count). The van der Waals surface area contributed by atoms with Crippen LogP contribution in [0, 0.1) is 0 Å². The van der Waals surface area contributed by atoms with Gasteiger partial charge in [0.2, 0.25) is 0 Å². The predicted octanol–water partition coefficient (Wildman–Crippen LogP) is 8.09. The third-order valence-electron chi connectivity index (χ3n) is 5.04. The Balaban J connectivity index is 1.56. The minimum absolute atomic E-state index is 1.30. The summed E-state index contributed by atoms with van der Waals surface area (Å²) in [4.78, 5) is 1.35. The van der Waals surface area contributed by atoms with Crippen LogP contribution in [0.2, 0.25) is 0 Å². The summed E-state index contributed by atoms with van der Waals surface area (Å²) in [7, 11) is 0. The van der Waals surface area contributed by atoms with Gasteiger partial charge in [0, 0.05) is 19.7 Å². The monoisotopic (exact) mass is 366 g/mol. The fourth-order valence-corrected chi connectivity index (χ4v) is 6.26. The first-order valence-corrected chi connectivity index (χ1v) is 10.3. The number of benzene rings is 4. The first-order valence-electron chi connectivity index (χ1n) is 8.69. The molecule has 0 bridgehead atoms. The Labute approximate surface area is 158 Å². The van der Waals surface area contributed by atoms with Crippen molar-refractivity contribution in [3.63, 3.8) is 0 Å². The second kappa shape index (κ2) is 5.41. The van der Waals surface area contributed by atoms with Crippen LogP contribution in [0.4, 0.5) is 0 Å². The highest BCUT2D eigenvalue weighted by Crippen LogP contribution is 2.43. The fraction of sp³-hybridized carbons (Fsp3) is 0. The van der Waals surface area contributed by atoms with Crippen molar-refractivity contribution in [2.45, 2.75) is 0 Å². The van der Waals surface area contributed by atoms with Gasteiger partial charge in [-0.15, -0.1) is 22.7 Å². The minimum atomic E-state index is 1.30. The molecule has 0 aliphatic heterocycles. The van der Waals surface area contributed by atoms with Gasteiger partial charge >= 0.3 is 0 Å². The van der Waals surface area contributed by atoms with E-state index < -0.39 is 0 Å². The molecule has 0 unspecified atom stereocenters. The van der Waals surface area contributed by atoms with E-state index in [-0.39, 0.29) is 0 Å². The highest BCUT2D eigenvalue weighted by Gasteiger charge is 2.11. The summed E-state index contributed by atoms with van der Waals surface area (Å²) in [5, 5.41) is 6.60. The standard InChI is InChI=1S/C24H14S2/c1-2-6-16-12-19-13-18(10-9-17(19)11-15(16)5-1)22-14-23-24(26-22)20-7-3-4-8-21(20)25-23/h1-14H. The maximum Gasteiger partial charge on any atom is 0.0535 e. The van der Waals surface area contributed by atoms with Crippen molar-refractivity contribution < 1.29 is 0 Å². The van der Waals surface area contributed by atoms with Crippen molar-refractivity contribution in [2.24, 2.45) is 0 Å². The summed E-state index contributed by atoms with van der Waals surface area (Å²) in [6.45, 7) is 0. The molecule has 0 aliphatic carbocycles. The highest BCUT2D eigenvalue weighted by atomic mass is 32.1. The third-order valence-corrected chi connectivity index (χ3v) is 7.50. The van der Waals surface area contributed by atoms with Crippen LogP contribution in [-0.2, 0) is 0 Å². The summed E-state index contributed by atoms with van der Waals surface area (Å²) < 4.78 is 4.19. The van der Waals surface area contributed by atoms with Gasteiger partial charge in [-0.3, -0.25) is 0 Å². The zero-order chi connectivity index (χ0) is 17.1. The van der Waals surface area contributed by atoms with Gasteiger partial charge in [0.1, 0.15) is 0 Å². The van der Waals surface area contributed by atoms with Crippen molar-refractivity contribution in [1.29, 1.82) is 0 Å². The zero-order valence-electron chi connectivity index (χ0n) is 13.9. The Morgan fingerprint density at radius 2 is 1.23 bits per heavy atom. The molecule has 0 fully saturated rings. The largest absolute Gasteiger partial charge is 0.134 e. The Morgan fingerprint density at radius 1 is 0.500 bits per heavy atom. The third kappa shape index (κ3) is 2.13. The van der Waals surface area contributed by atoms with Gasteiger partial charge in [-0.2, -0.15) is 0 Å². The molecule has 0 atom stereocenters. The zero-order valence-corrected chi connectivity index (χ0v) is 15.5. The quantitative estimate of drug-likeness (QED) is 0.258. The molecule has 122 valence electrons. The molecule has 26 heavy (non-hydrogen) atoms. The van der Waals surface area contributed by atoms with Gasteiger partial charge in [0.05, 0.1) is 4.70 Å². The van der Waals surface area contributed by atoms with Gasteiger partial charge < -0.3 is 0 Å². The first kappa shape index (κ1) is 14.5. The molecule has 2 heteroatoms. The molecular formula is C24H14S2. The Bertz CT molecular complexity index is 1430. The molecular weight excluding hydrogens is 352 g/mol. The lowest BCUT2D eigenvalue weighted by Crippen LogP contribution is -1.78. The maximum absolute atomic E-state index is 2.35. The van der Waals surface area contributed by atoms with Crippen LogP contribution in [-0.4, -0.2) is 0 Å². The van der Waals surface area contributed by atoms with Crippen molar-refractivity contribution >= 4 is 63.7 Å². The summed E-state index contributed by atoms with van der Waals surface area (Å²) in [6, 6.07) is 31.1. The fourth-order valence-electron chi connectivity index (χ4n) is 3.74. The highest BCUT2D eigenvalue weighted by molar-refractivity contribution is 7.33. The summed E-state index contributed by atoms with van der Waals surface area (Å²) >= 11 is 3.80. The van der Waals surface area contributed by atoms with E-state index in [1.165, 1.54) is 51.5 Å². The SMILES string of the molecule is c1ccc2cc3cc(-c4cc5sc6ccccc6c5s4)ccc3cc2c1. The smallest absolute Gasteiger partial charge is 0.0535 e. The van der Waals surface area contributed by atoms with Crippen molar-refractivity contribution in [1.82, 2.24) is 0 Å². The lowest BCUT2D eigenvalue weighted by Gasteiger charge is -2.04. The van der Waals surface area contributed by atoms with E-state index in [9.17, 15) is 0 Å². The van der Waals surface area contributed by atoms with E-state index >= 15 is 0 Å².